The lowest BCUT2D eigenvalue weighted by molar-refractivity contribution is -0.141. The Morgan fingerprint density at radius 2 is 2.27 bits per heavy atom. The number of hydrogen-bond donors (Lipinski definition) is 1. The van der Waals surface area contributed by atoms with Crippen LogP contribution in [-0.4, -0.2) is 30.3 Å². The molecule has 0 aromatic carbocycles. The number of ether oxygens (including phenoxy) is 1. The number of carbonyl (C=O) groups is 1. The van der Waals surface area contributed by atoms with Gasteiger partial charge >= 0.3 is 5.97 Å². The minimum Gasteiger partial charge on any atom is -0.466 e. The summed E-state index contributed by atoms with van der Waals surface area (Å²) >= 11 is 1.54. The second-order valence-electron chi connectivity index (χ2n) is 2.02. The van der Waals surface area contributed by atoms with E-state index in [1.54, 1.807) is 6.92 Å². The highest BCUT2D eigenvalue weighted by molar-refractivity contribution is 7.99. The van der Waals surface area contributed by atoms with Crippen molar-refractivity contribution in [2.75, 3.05) is 18.6 Å². The van der Waals surface area contributed by atoms with Gasteiger partial charge in [0, 0.05) is 11.5 Å². The van der Waals surface area contributed by atoms with E-state index in [2.05, 4.69) is 4.74 Å². The van der Waals surface area contributed by atoms with E-state index in [0.29, 0.717) is 18.1 Å². The Morgan fingerprint density at radius 1 is 1.64 bits per heavy atom. The van der Waals surface area contributed by atoms with Crippen LogP contribution in [0.4, 0.5) is 0 Å². The molecule has 0 unspecified atom stereocenters. The van der Waals surface area contributed by atoms with Crippen molar-refractivity contribution in [3.05, 3.63) is 0 Å². The molecule has 11 heavy (non-hydrogen) atoms. The third kappa shape index (κ3) is 5.91. The molecule has 1 N–H and O–H groups in total. The van der Waals surface area contributed by atoms with Crippen molar-refractivity contribution >= 4 is 23.4 Å². The molecule has 64 valence electrons. The lowest BCUT2D eigenvalue weighted by atomic mass is 10.3. The fraction of sp³-hybridized carbons (Fsp3) is 0.714. The van der Waals surface area contributed by atoms with E-state index in [1.807, 2.05) is 6.26 Å². The van der Waals surface area contributed by atoms with Crippen molar-refractivity contribution < 1.29 is 9.53 Å². The molecule has 0 amide bonds. The average molecular weight is 175 g/mol. The van der Waals surface area contributed by atoms with Gasteiger partial charge in [-0.25, -0.2) is 0 Å². The highest BCUT2D eigenvalue weighted by Gasteiger charge is 2.04. The summed E-state index contributed by atoms with van der Waals surface area (Å²) < 4.78 is 4.67. The summed E-state index contributed by atoms with van der Waals surface area (Å²) in [6.45, 7) is 2.15. The highest BCUT2D eigenvalue weighted by Crippen LogP contribution is 1.97. The summed E-state index contributed by atoms with van der Waals surface area (Å²) in [6, 6.07) is 0. The maximum atomic E-state index is 10.8. The Hall–Kier alpha value is -0.510. The lowest BCUT2D eigenvalue weighted by Gasteiger charge is -2.01. The SMILES string of the molecule is CCOC(=O)CC(=N)CSC. The van der Waals surface area contributed by atoms with Gasteiger partial charge in [0.2, 0.25) is 0 Å². The fourth-order valence-electron chi connectivity index (χ4n) is 0.612. The zero-order valence-electron chi connectivity index (χ0n) is 6.85. The molecule has 4 heteroatoms. The molecule has 0 fully saturated rings. The van der Waals surface area contributed by atoms with E-state index in [9.17, 15) is 4.79 Å². The van der Waals surface area contributed by atoms with Crippen LogP contribution in [0.3, 0.4) is 0 Å². The van der Waals surface area contributed by atoms with E-state index in [0.717, 1.165) is 0 Å². The summed E-state index contributed by atoms with van der Waals surface area (Å²) in [7, 11) is 0. The van der Waals surface area contributed by atoms with Crippen LogP contribution < -0.4 is 0 Å². The van der Waals surface area contributed by atoms with Gasteiger partial charge < -0.3 is 10.1 Å². The largest absolute Gasteiger partial charge is 0.466 e. The van der Waals surface area contributed by atoms with Crippen LogP contribution in [-0.2, 0) is 9.53 Å². The van der Waals surface area contributed by atoms with Crippen LogP contribution in [0.1, 0.15) is 13.3 Å². The molecule has 0 atom stereocenters. The first-order valence-corrected chi connectivity index (χ1v) is 4.81. The van der Waals surface area contributed by atoms with Crippen molar-refractivity contribution in [2.45, 2.75) is 13.3 Å². The number of thioether (sulfide) groups is 1. The van der Waals surface area contributed by atoms with Crippen molar-refractivity contribution in [1.82, 2.24) is 0 Å². The molecule has 0 aliphatic carbocycles. The van der Waals surface area contributed by atoms with E-state index in [-0.39, 0.29) is 12.4 Å². The molecule has 0 saturated heterocycles. The molecule has 0 aromatic heterocycles. The van der Waals surface area contributed by atoms with Gasteiger partial charge in [-0.2, -0.15) is 11.8 Å². The molecule has 0 spiro atoms. The molecule has 0 radical (unpaired) electrons. The Labute approximate surface area is 71.0 Å². The smallest absolute Gasteiger partial charge is 0.311 e. The summed E-state index contributed by atoms with van der Waals surface area (Å²) in [4.78, 5) is 10.8. The van der Waals surface area contributed by atoms with Gasteiger partial charge in [-0.3, -0.25) is 4.79 Å². The Kier molecular flexibility index (Phi) is 5.93. The van der Waals surface area contributed by atoms with Crippen molar-refractivity contribution in [1.29, 1.82) is 5.41 Å². The Morgan fingerprint density at radius 3 is 2.73 bits per heavy atom. The standard InChI is InChI=1S/C7H13NO2S/c1-3-10-7(9)4-6(8)5-11-2/h8H,3-5H2,1-2H3. The summed E-state index contributed by atoms with van der Waals surface area (Å²) in [5, 5.41) is 7.28. The second kappa shape index (κ2) is 6.22. The van der Waals surface area contributed by atoms with E-state index in [4.69, 9.17) is 5.41 Å². The molecule has 0 aliphatic rings. The topological polar surface area (TPSA) is 50.2 Å². The Balaban J connectivity index is 3.49. The second-order valence-corrected chi connectivity index (χ2v) is 2.88. The first-order chi connectivity index (χ1) is 5.20. The molecular weight excluding hydrogens is 162 g/mol. The van der Waals surface area contributed by atoms with Gasteiger partial charge in [-0.1, -0.05) is 0 Å². The van der Waals surface area contributed by atoms with Crippen molar-refractivity contribution in [3.8, 4) is 0 Å². The van der Waals surface area contributed by atoms with E-state index < -0.39 is 0 Å². The Bertz CT molecular complexity index is 131. The van der Waals surface area contributed by atoms with Crippen LogP contribution >= 0.6 is 11.8 Å². The first-order valence-electron chi connectivity index (χ1n) is 3.41. The van der Waals surface area contributed by atoms with Crippen LogP contribution in [0.15, 0.2) is 0 Å². The zero-order chi connectivity index (χ0) is 8.69. The first kappa shape index (κ1) is 10.5. The van der Waals surface area contributed by atoms with Crippen LogP contribution in [0.25, 0.3) is 0 Å². The molecule has 0 rings (SSSR count). The fourth-order valence-corrected chi connectivity index (χ4v) is 1.06. The number of esters is 1. The average Bonchev–Trinajstić information content (AvgIpc) is 1.87. The molecule has 3 nitrogen and oxygen atoms in total. The zero-order valence-corrected chi connectivity index (χ0v) is 7.66. The minimum absolute atomic E-state index is 0.134. The number of carbonyl (C=O) groups excluding carboxylic acids is 1. The van der Waals surface area contributed by atoms with E-state index in [1.165, 1.54) is 11.8 Å². The molecule has 0 aromatic rings. The molecule has 0 saturated carbocycles. The van der Waals surface area contributed by atoms with Gasteiger partial charge in [0.1, 0.15) is 0 Å². The summed E-state index contributed by atoms with van der Waals surface area (Å²) in [5.41, 5.74) is 0.427. The predicted molar refractivity (Wildman–Crippen MR) is 47.4 cm³/mol. The highest BCUT2D eigenvalue weighted by atomic mass is 32.2. The predicted octanol–water partition coefficient (Wildman–Crippen LogP) is 1.32. The van der Waals surface area contributed by atoms with Crippen molar-refractivity contribution in [3.63, 3.8) is 0 Å². The summed E-state index contributed by atoms with van der Waals surface area (Å²) in [6.07, 6.45) is 2.04. The number of nitrogens with one attached hydrogen (secondary N) is 1. The molecule has 0 heterocycles. The number of rotatable bonds is 5. The van der Waals surface area contributed by atoms with Gasteiger partial charge in [-0.15, -0.1) is 0 Å². The maximum Gasteiger partial charge on any atom is 0.311 e. The van der Waals surface area contributed by atoms with Crippen molar-refractivity contribution in [2.24, 2.45) is 0 Å². The van der Waals surface area contributed by atoms with Gasteiger partial charge in [0.15, 0.2) is 0 Å². The summed E-state index contributed by atoms with van der Waals surface area (Å²) in [5.74, 6) is 0.310. The molecule has 0 bridgehead atoms. The van der Waals surface area contributed by atoms with Crippen LogP contribution in [0.5, 0.6) is 0 Å². The third-order valence-electron chi connectivity index (χ3n) is 0.982. The molecule has 0 aliphatic heterocycles. The molecular formula is C7H13NO2S. The van der Waals surface area contributed by atoms with Gasteiger partial charge in [-0.05, 0) is 13.2 Å². The van der Waals surface area contributed by atoms with Gasteiger partial charge in [0.25, 0.3) is 0 Å². The maximum absolute atomic E-state index is 10.8. The normalized spacial score (nSPS) is 9.27. The lowest BCUT2D eigenvalue weighted by Crippen LogP contribution is -2.11. The quantitative estimate of drug-likeness (QED) is 0.506. The van der Waals surface area contributed by atoms with Crippen LogP contribution in [0.2, 0.25) is 0 Å². The van der Waals surface area contributed by atoms with Gasteiger partial charge in [0.05, 0.1) is 13.0 Å². The van der Waals surface area contributed by atoms with Crippen LogP contribution in [0, 0.1) is 5.41 Å². The van der Waals surface area contributed by atoms with E-state index >= 15 is 0 Å². The third-order valence-corrected chi connectivity index (χ3v) is 1.62. The monoisotopic (exact) mass is 175 g/mol. The number of hydrogen-bond acceptors (Lipinski definition) is 4. The minimum atomic E-state index is -0.299.